The summed E-state index contributed by atoms with van der Waals surface area (Å²) >= 11 is 5.95. The van der Waals surface area contributed by atoms with Crippen molar-refractivity contribution in [1.82, 2.24) is 5.32 Å². The van der Waals surface area contributed by atoms with Crippen molar-refractivity contribution in [2.24, 2.45) is 0 Å². The van der Waals surface area contributed by atoms with Crippen LogP contribution >= 0.6 is 11.6 Å². The number of anilines is 1. The Morgan fingerprint density at radius 2 is 1.92 bits per heavy atom. The summed E-state index contributed by atoms with van der Waals surface area (Å²) in [5.74, 6) is -0.115. The number of carbonyl (C=O) groups is 1. The van der Waals surface area contributed by atoms with E-state index in [1.165, 1.54) is 19.2 Å². The maximum absolute atomic E-state index is 12.3. The third-order valence-electron chi connectivity index (χ3n) is 3.71. The summed E-state index contributed by atoms with van der Waals surface area (Å²) in [6, 6.07) is 11.9. The van der Waals surface area contributed by atoms with Crippen molar-refractivity contribution < 1.29 is 17.9 Å². The molecule has 0 aliphatic carbocycles. The highest BCUT2D eigenvalue weighted by Gasteiger charge is 2.16. The lowest BCUT2D eigenvalue weighted by Crippen LogP contribution is -2.26. The average Bonchev–Trinajstić information content (AvgIpc) is 2.61. The minimum absolute atomic E-state index is 0.0107. The quantitative estimate of drug-likeness (QED) is 0.528. The first-order chi connectivity index (χ1) is 12.3. The van der Waals surface area contributed by atoms with Crippen LogP contribution in [0, 0.1) is 0 Å². The number of ether oxygens (including phenoxy) is 1. The van der Waals surface area contributed by atoms with Crippen molar-refractivity contribution >= 4 is 33.0 Å². The molecule has 0 unspecified atom stereocenters. The zero-order valence-electron chi connectivity index (χ0n) is 14.4. The molecule has 0 heterocycles. The van der Waals surface area contributed by atoms with Crippen molar-refractivity contribution in [3.63, 3.8) is 0 Å². The van der Waals surface area contributed by atoms with Gasteiger partial charge in [-0.05, 0) is 18.1 Å². The molecule has 0 aliphatic heterocycles. The summed E-state index contributed by atoms with van der Waals surface area (Å²) in [5, 5.41) is 2.93. The van der Waals surface area contributed by atoms with Crippen LogP contribution in [0.4, 0.5) is 5.69 Å². The van der Waals surface area contributed by atoms with Crippen LogP contribution in [0.3, 0.4) is 0 Å². The monoisotopic (exact) mass is 396 g/mol. The van der Waals surface area contributed by atoms with Crippen LogP contribution in [0.15, 0.2) is 42.5 Å². The molecule has 0 saturated carbocycles. The molecule has 0 radical (unpaired) electrons. The van der Waals surface area contributed by atoms with Gasteiger partial charge in [-0.1, -0.05) is 41.9 Å². The van der Waals surface area contributed by atoms with E-state index in [0.717, 1.165) is 5.56 Å². The smallest absolute Gasteiger partial charge is 0.255 e. The first kappa shape index (κ1) is 20.1. The van der Waals surface area contributed by atoms with Crippen molar-refractivity contribution in [2.45, 2.75) is 12.2 Å². The molecule has 0 aliphatic rings. The maximum Gasteiger partial charge on any atom is 0.255 e. The first-order valence-electron chi connectivity index (χ1n) is 7.98. The highest BCUT2D eigenvalue weighted by Crippen LogP contribution is 2.28. The molecule has 6 nitrogen and oxygen atoms in total. The molecule has 2 rings (SSSR count). The van der Waals surface area contributed by atoms with Gasteiger partial charge in [-0.2, -0.15) is 0 Å². The molecule has 0 aromatic heterocycles. The standard InChI is InChI=1S/C18H21ClN2O4S/c1-25-17-11-16(20)15(19)10-14(17)18(22)21-8-5-9-26(23,24)12-13-6-3-2-4-7-13/h2-4,6-7,10-11H,5,8-9,12,20H2,1H3,(H,21,22). The summed E-state index contributed by atoms with van der Waals surface area (Å²) in [4.78, 5) is 12.3. The van der Waals surface area contributed by atoms with E-state index >= 15 is 0 Å². The molecule has 0 saturated heterocycles. The largest absolute Gasteiger partial charge is 0.496 e. The number of benzene rings is 2. The number of hydrogen-bond donors (Lipinski definition) is 2. The van der Waals surface area contributed by atoms with Gasteiger partial charge in [0, 0.05) is 12.6 Å². The number of methoxy groups -OCH3 is 1. The highest BCUT2D eigenvalue weighted by atomic mass is 35.5. The lowest BCUT2D eigenvalue weighted by molar-refractivity contribution is 0.0950. The fourth-order valence-corrected chi connectivity index (χ4v) is 4.00. The van der Waals surface area contributed by atoms with Gasteiger partial charge in [0.1, 0.15) is 5.75 Å². The van der Waals surface area contributed by atoms with Gasteiger partial charge in [-0.3, -0.25) is 4.79 Å². The molecular formula is C18H21ClN2O4S. The van der Waals surface area contributed by atoms with Crippen LogP contribution in [-0.4, -0.2) is 33.7 Å². The number of carbonyl (C=O) groups excluding carboxylic acids is 1. The van der Waals surface area contributed by atoms with Gasteiger partial charge in [0.05, 0.1) is 34.9 Å². The Bertz CT molecular complexity index is 870. The lowest BCUT2D eigenvalue weighted by atomic mass is 10.1. The summed E-state index contributed by atoms with van der Waals surface area (Å²) in [6.45, 7) is 0.220. The number of amides is 1. The average molecular weight is 397 g/mol. The van der Waals surface area contributed by atoms with E-state index in [-0.39, 0.29) is 28.6 Å². The Balaban J connectivity index is 1.88. The maximum atomic E-state index is 12.3. The second-order valence-electron chi connectivity index (χ2n) is 5.76. The van der Waals surface area contributed by atoms with E-state index in [0.29, 0.717) is 17.9 Å². The normalized spacial score (nSPS) is 11.2. The number of rotatable bonds is 8. The molecule has 3 N–H and O–H groups in total. The Morgan fingerprint density at radius 3 is 2.58 bits per heavy atom. The molecule has 0 spiro atoms. The van der Waals surface area contributed by atoms with E-state index in [1.807, 2.05) is 6.07 Å². The number of nitrogen functional groups attached to an aromatic ring is 1. The number of nitrogens with two attached hydrogens (primary N) is 1. The Morgan fingerprint density at radius 1 is 1.23 bits per heavy atom. The molecule has 8 heteroatoms. The second kappa shape index (κ2) is 8.91. The van der Waals surface area contributed by atoms with E-state index in [9.17, 15) is 13.2 Å². The first-order valence-corrected chi connectivity index (χ1v) is 10.2. The van der Waals surface area contributed by atoms with Gasteiger partial charge in [0.2, 0.25) is 0 Å². The van der Waals surface area contributed by atoms with Crippen LogP contribution in [0.1, 0.15) is 22.3 Å². The third-order valence-corrected chi connectivity index (χ3v) is 5.72. The molecule has 26 heavy (non-hydrogen) atoms. The van der Waals surface area contributed by atoms with Crippen LogP contribution in [-0.2, 0) is 15.6 Å². The zero-order valence-corrected chi connectivity index (χ0v) is 15.9. The van der Waals surface area contributed by atoms with Crippen LogP contribution < -0.4 is 15.8 Å². The SMILES string of the molecule is COc1cc(N)c(Cl)cc1C(=O)NCCCS(=O)(=O)Cc1ccccc1. The van der Waals surface area contributed by atoms with Crippen molar-refractivity contribution in [3.05, 3.63) is 58.6 Å². The van der Waals surface area contributed by atoms with E-state index < -0.39 is 15.7 Å². The second-order valence-corrected chi connectivity index (χ2v) is 8.35. The highest BCUT2D eigenvalue weighted by molar-refractivity contribution is 7.90. The van der Waals surface area contributed by atoms with Gasteiger partial charge in [0.25, 0.3) is 5.91 Å². The fraction of sp³-hybridized carbons (Fsp3) is 0.278. The zero-order chi connectivity index (χ0) is 19.2. The van der Waals surface area contributed by atoms with Crippen molar-refractivity contribution in [3.8, 4) is 5.75 Å². The molecule has 0 atom stereocenters. The minimum atomic E-state index is -3.24. The van der Waals surface area contributed by atoms with Crippen LogP contribution in [0.5, 0.6) is 5.75 Å². The third kappa shape index (κ3) is 5.64. The molecule has 0 bridgehead atoms. The summed E-state index contributed by atoms with van der Waals surface area (Å²) in [7, 11) is -1.81. The fourth-order valence-electron chi connectivity index (χ4n) is 2.41. The van der Waals surface area contributed by atoms with E-state index in [2.05, 4.69) is 5.32 Å². The van der Waals surface area contributed by atoms with Gasteiger partial charge < -0.3 is 15.8 Å². The molecule has 0 fully saturated rings. The van der Waals surface area contributed by atoms with E-state index in [4.69, 9.17) is 22.1 Å². The van der Waals surface area contributed by atoms with Gasteiger partial charge in [0.15, 0.2) is 9.84 Å². The predicted molar refractivity (Wildman–Crippen MR) is 103 cm³/mol. The molecule has 2 aromatic carbocycles. The number of hydrogen-bond acceptors (Lipinski definition) is 5. The van der Waals surface area contributed by atoms with Crippen LogP contribution in [0.2, 0.25) is 5.02 Å². The summed E-state index contributed by atoms with van der Waals surface area (Å²) in [6.07, 6.45) is 0.311. The number of halogens is 1. The number of nitrogens with one attached hydrogen (secondary N) is 1. The molecule has 2 aromatic rings. The lowest BCUT2D eigenvalue weighted by Gasteiger charge is -2.11. The summed E-state index contributed by atoms with van der Waals surface area (Å²) in [5.41, 5.74) is 7.00. The van der Waals surface area contributed by atoms with Crippen molar-refractivity contribution in [2.75, 3.05) is 25.1 Å². The van der Waals surface area contributed by atoms with Gasteiger partial charge in [-0.15, -0.1) is 0 Å². The topological polar surface area (TPSA) is 98.5 Å². The van der Waals surface area contributed by atoms with Gasteiger partial charge in [-0.25, -0.2) is 8.42 Å². The van der Waals surface area contributed by atoms with Crippen LogP contribution in [0.25, 0.3) is 0 Å². The molecular weight excluding hydrogens is 376 g/mol. The Hall–Kier alpha value is -2.25. The minimum Gasteiger partial charge on any atom is -0.496 e. The summed E-state index contributed by atoms with van der Waals surface area (Å²) < 4.78 is 29.4. The molecule has 140 valence electrons. The number of sulfone groups is 1. The Labute approximate surface area is 158 Å². The van der Waals surface area contributed by atoms with Crippen molar-refractivity contribution in [1.29, 1.82) is 0 Å². The van der Waals surface area contributed by atoms with E-state index in [1.54, 1.807) is 24.3 Å². The van der Waals surface area contributed by atoms with Gasteiger partial charge >= 0.3 is 0 Å². The predicted octanol–water partition coefficient (Wildman–Crippen LogP) is 2.67. The Kier molecular flexibility index (Phi) is 6.88. The molecule has 1 amide bonds.